The number of carbonyl (C=O) groups excluding carboxylic acids is 1. The van der Waals surface area contributed by atoms with Gasteiger partial charge in [-0.25, -0.2) is 0 Å². The van der Waals surface area contributed by atoms with Crippen molar-refractivity contribution in [1.29, 1.82) is 0 Å². The Morgan fingerprint density at radius 1 is 1.24 bits per heavy atom. The van der Waals surface area contributed by atoms with E-state index in [0.717, 1.165) is 43.7 Å². The van der Waals surface area contributed by atoms with Crippen molar-refractivity contribution >= 4 is 17.7 Å². The number of nitrogens with one attached hydrogen (secondary N) is 1. The molecule has 2 saturated heterocycles. The Kier molecular flexibility index (Phi) is 3.59. The SMILES string of the molecule is O=C(C1CSCN1)N1CCN(CC2CC2)CC1. The van der Waals surface area contributed by atoms with Gasteiger partial charge in [0.05, 0.1) is 6.04 Å². The van der Waals surface area contributed by atoms with Gasteiger partial charge in [0.15, 0.2) is 0 Å². The zero-order valence-corrected chi connectivity index (χ0v) is 11.0. The third-order valence-corrected chi connectivity index (χ3v) is 4.85. The Hall–Kier alpha value is -0.260. The molecule has 1 atom stereocenters. The van der Waals surface area contributed by atoms with Crippen LogP contribution in [-0.4, -0.2) is 66.1 Å². The molecule has 96 valence electrons. The molecule has 0 aromatic heterocycles. The van der Waals surface area contributed by atoms with Gasteiger partial charge in [-0.1, -0.05) is 0 Å². The molecule has 2 aliphatic heterocycles. The summed E-state index contributed by atoms with van der Waals surface area (Å²) < 4.78 is 0. The van der Waals surface area contributed by atoms with Crippen molar-refractivity contribution in [2.24, 2.45) is 5.92 Å². The van der Waals surface area contributed by atoms with Gasteiger partial charge in [-0.2, -0.15) is 0 Å². The Morgan fingerprint density at radius 3 is 2.59 bits per heavy atom. The lowest BCUT2D eigenvalue weighted by atomic mass is 10.2. The van der Waals surface area contributed by atoms with Crippen LogP contribution in [0.15, 0.2) is 0 Å². The highest BCUT2D eigenvalue weighted by atomic mass is 32.2. The molecule has 4 nitrogen and oxygen atoms in total. The number of rotatable bonds is 3. The maximum Gasteiger partial charge on any atom is 0.240 e. The fraction of sp³-hybridized carbons (Fsp3) is 0.917. The molecule has 0 bridgehead atoms. The van der Waals surface area contributed by atoms with E-state index >= 15 is 0 Å². The summed E-state index contributed by atoms with van der Waals surface area (Å²) >= 11 is 1.82. The lowest BCUT2D eigenvalue weighted by molar-refractivity contribution is -0.134. The van der Waals surface area contributed by atoms with Gasteiger partial charge < -0.3 is 4.90 Å². The molecule has 0 aromatic rings. The quantitative estimate of drug-likeness (QED) is 0.782. The number of thioether (sulfide) groups is 1. The first kappa shape index (κ1) is 11.8. The minimum Gasteiger partial charge on any atom is -0.339 e. The van der Waals surface area contributed by atoms with Crippen LogP contribution in [0.3, 0.4) is 0 Å². The van der Waals surface area contributed by atoms with Gasteiger partial charge >= 0.3 is 0 Å². The van der Waals surface area contributed by atoms with Crippen molar-refractivity contribution < 1.29 is 4.79 Å². The lowest BCUT2D eigenvalue weighted by Crippen LogP contribution is -2.53. The first-order valence-corrected chi connectivity index (χ1v) is 7.80. The predicted octanol–water partition coefficient (Wildman–Crippen LogP) is 0.203. The zero-order valence-electron chi connectivity index (χ0n) is 10.2. The van der Waals surface area contributed by atoms with Crippen LogP contribution in [0.25, 0.3) is 0 Å². The number of hydrogen-bond donors (Lipinski definition) is 1. The summed E-state index contributed by atoms with van der Waals surface area (Å²) in [7, 11) is 0. The smallest absolute Gasteiger partial charge is 0.240 e. The molecular formula is C12H21N3OS. The van der Waals surface area contributed by atoms with Gasteiger partial charge in [0.2, 0.25) is 5.91 Å². The minimum atomic E-state index is 0.0787. The molecule has 3 aliphatic rings. The van der Waals surface area contributed by atoms with Crippen LogP contribution in [0.1, 0.15) is 12.8 Å². The number of hydrogen-bond acceptors (Lipinski definition) is 4. The number of piperazine rings is 1. The molecule has 1 saturated carbocycles. The summed E-state index contributed by atoms with van der Waals surface area (Å²) in [6, 6.07) is 0.0787. The van der Waals surface area contributed by atoms with E-state index < -0.39 is 0 Å². The fourth-order valence-electron chi connectivity index (χ4n) is 2.59. The van der Waals surface area contributed by atoms with Gasteiger partial charge in [0.1, 0.15) is 0 Å². The minimum absolute atomic E-state index is 0.0787. The van der Waals surface area contributed by atoms with E-state index in [9.17, 15) is 4.79 Å². The molecule has 5 heteroatoms. The van der Waals surface area contributed by atoms with Crippen LogP contribution >= 0.6 is 11.8 Å². The second-order valence-corrected chi connectivity index (χ2v) is 6.37. The maximum absolute atomic E-state index is 12.2. The first-order chi connectivity index (χ1) is 8.33. The third kappa shape index (κ3) is 2.95. The van der Waals surface area contributed by atoms with Crippen molar-refractivity contribution in [2.75, 3.05) is 44.4 Å². The maximum atomic E-state index is 12.2. The summed E-state index contributed by atoms with van der Waals surface area (Å²) in [5, 5.41) is 3.27. The molecule has 0 aromatic carbocycles. The Bertz CT molecular complexity index is 281. The van der Waals surface area contributed by atoms with E-state index in [1.165, 1.54) is 19.4 Å². The average Bonchev–Trinajstić information content (AvgIpc) is 3.00. The highest BCUT2D eigenvalue weighted by molar-refractivity contribution is 7.99. The van der Waals surface area contributed by atoms with E-state index in [1.54, 1.807) is 0 Å². The summed E-state index contributed by atoms with van der Waals surface area (Å²) in [5.74, 6) is 3.16. The highest BCUT2D eigenvalue weighted by Gasteiger charge is 2.31. The molecule has 1 unspecified atom stereocenters. The third-order valence-electron chi connectivity index (χ3n) is 3.91. The van der Waals surface area contributed by atoms with Crippen molar-refractivity contribution in [2.45, 2.75) is 18.9 Å². The van der Waals surface area contributed by atoms with Gasteiger partial charge in [-0.3, -0.25) is 15.0 Å². The van der Waals surface area contributed by atoms with Crippen LogP contribution in [0.5, 0.6) is 0 Å². The van der Waals surface area contributed by atoms with E-state index in [-0.39, 0.29) is 6.04 Å². The van der Waals surface area contributed by atoms with Crippen LogP contribution in [-0.2, 0) is 4.79 Å². The molecule has 2 heterocycles. The molecular weight excluding hydrogens is 234 g/mol. The summed E-state index contributed by atoms with van der Waals surface area (Å²) in [6.07, 6.45) is 2.84. The van der Waals surface area contributed by atoms with Crippen LogP contribution < -0.4 is 5.32 Å². The molecule has 1 aliphatic carbocycles. The lowest BCUT2D eigenvalue weighted by Gasteiger charge is -2.35. The van der Waals surface area contributed by atoms with Gasteiger partial charge in [-0.15, -0.1) is 11.8 Å². The molecule has 1 N–H and O–H groups in total. The number of nitrogens with zero attached hydrogens (tertiary/aromatic N) is 2. The second kappa shape index (κ2) is 5.16. The van der Waals surface area contributed by atoms with Crippen molar-refractivity contribution in [3.8, 4) is 0 Å². The Labute approximate surface area is 107 Å². The fourth-order valence-corrected chi connectivity index (χ4v) is 3.52. The molecule has 3 rings (SSSR count). The van der Waals surface area contributed by atoms with Gasteiger partial charge in [0.25, 0.3) is 0 Å². The topological polar surface area (TPSA) is 35.6 Å². The summed E-state index contributed by atoms with van der Waals surface area (Å²) in [4.78, 5) is 16.7. The van der Waals surface area contributed by atoms with E-state index in [1.807, 2.05) is 16.7 Å². The Morgan fingerprint density at radius 2 is 2.00 bits per heavy atom. The second-order valence-electron chi connectivity index (χ2n) is 5.34. The van der Waals surface area contributed by atoms with Crippen LogP contribution in [0.2, 0.25) is 0 Å². The van der Waals surface area contributed by atoms with Gasteiger partial charge in [-0.05, 0) is 18.8 Å². The van der Waals surface area contributed by atoms with E-state index in [4.69, 9.17) is 0 Å². The molecule has 0 radical (unpaired) electrons. The normalized spacial score (nSPS) is 30.8. The summed E-state index contributed by atoms with van der Waals surface area (Å²) in [5.41, 5.74) is 0. The highest BCUT2D eigenvalue weighted by Crippen LogP contribution is 2.29. The van der Waals surface area contributed by atoms with Crippen molar-refractivity contribution in [1.82, 2.24) is 15.1 Å². The van der Waals surface area contributed by atoms with Crippen molar-refractivity contribution in [3.05, 3.63) is 0 Å². The molecule has 0 spiro atoms. The van der Waals surface area contributed by atoms with E-state index in [2.05, 4.69) is 10.2 Å². The average molecular weight is 255 g/mol. The van der Waals surface area contributed by atoms with Gasteiger partial charge in [0, 0.05) is 44.4 Å². The zero-order chi connectivity index (χ0) is 11.7. The molecule has 3 fully saturated rings. The van der Waals surface area contributed by atoms with Crippen molar-refractivity contribution in [3.63, 3.8) is 0 Å². The van der Waals surface area contributed by atoms with Crippen LogP contribution in [0.4, 0.5) is 0 Å². The predicted molar refractivity (Wildman–Crippen MR) is 70.0 cm³/mol. The summed E-state index contributed by atoms with van der Waals surface area (Å²) in [6.45, 7) is 5.26. The first-order valence-electron chi connectivity index (χ1n) is 6.65. The van der Waals surface area contributed by atoms with Crippen LogP contribution in [0, 0.1) is 5.92 Å². The number of carbonyl (C=O) groups is 1. The standard InChI is InChI=1S/C12H21N3OS/c16-12(11-8-17-9-13-11)15-5-3-14(4-6-15)7-10-1-2-10/h10-11,13H,1-9H2. The monoisotopic (exact) mass is 255 g/mol. The van der Waals surface area contributed by atoms with E-state index in [0.29, 0.717) is 5.91 Å². The largest absolute Gasteiger partial charge is 0.339 e. The number of amides is 1. The molecule has 1 amide bonds. The Balaban J connectivity index is 1.44. The molecule has 17 heavy (non-hydrogen) atoms.